The Kier molecular flexibility index (Phi) is 3.69. The second-order valence-corrected chi connectivity index (χ2v) is 7.03. The van der Waals surface area contributed by atoms with Gasteiger partial charge in [0.15, 0.2) is 6.29 Å². The van der Waals surface area contributed by atoms with Crippen LogP contribution >= 0.6 is 23.4 Å². The minimum atomic E-state index is 0.223. The maximum Gasteiger partial charge on any atom is 0.153 e. The second-order valence-electron chi connectivity index (χ2n) is 4.82. The van der Waals surface area contributed by atoms with Crippen LogP contribution in [0.4, 0.5) is 5.69 Å². The van der Waals surface area contributed by atoms with Crippen LogP contribution in [-0.2, 0) is 0 Å². The Morgan fingerprint density at radius 3 is 2.88 bits per heavy atom. The van der Waals surface area contributed by atoms with E-state index in [0.717, 1.165) is 30.8 Å². The molecule has 0 N–H and O–H groups in total. The number of thioether (sulfide) groups is 1. The Bertz CT molecular complexity index is 433. The number of nitrogens with zero attached hydrogens (tertiary/aromatic N) is 1. The van der Waals surface area contributed by atoms with E-state index in [0.29, 0.717) is 10.6 Å². The smallest absolute Gasteiger partial charge is 0.153 e. The van der Waals surface area contributed by atoms with E-state index in [1.807, 2.05) is 23.9 Å². The van der Waals surface area contributed by atoms with E-state index in [4.69, 9.17) is 11.6 Å². The second kappa shape index (κ2) is 4.91. The van der Waals surface area contributed by atoms with Crippen LogP contribution < -0.4 is 4.90 Å². The molecule has 1 aromatic rings. The highest BCUT2D eigenvalue weighted by Gasteiger charge is 2.28. The highest BCUT2D eigenvalue weighted by Crippen LogP contribution is 2.34. The van der Waals surface area contributed by atoms with Crippen molar-refractivity contribution in [1.29, 1.82) is 0 Å². The zero-order valence-corrected chi connectivity index (χ0v) is 11.6. The number of anilines is 1. The molecule has 17 heavy (non-hydrogen) atoms. The Balaban J connectivity index is 2.34. The molecular weight excluding hydrogens is 254 g/mol. The van der Waals surface area contributed by atoms with Crippen LogP contribution in [0, 0.1) is 0 Å². The van der Waals surface area contributed by atoms with Gasteiger partial charge in [-0.05, 0) is 26.0 Å². The molecule has 1 aliphatic heterocycles. The summed E-state index contributed by atoms with van der Waals surface area (Å²) < 4.78 is 0.223. The zero-order chi connectivity index (χ0) is 12.5. The summed E-state index contributed by atoms with van der Waals surface area (Å²) in [6.45, 7) is 6.37. The summed E-state index contributed by atoms with van der Waals surface area (Å²) in [6.07, 6.45) is 0.854. The first-order chi connectivity index (χ1) is 8.03. The Hall–Kier alpha value is -0.670. The van der Waals surface area contributed by atoms with Gasteiger partial charge in [-0.15, -0.1) is 0 Å². The molecule has 4 heteroatoms. The van der Waals surface area contributed by atoms with Gasteiger partial charge in [-0.2, -0.15) is 11.8 Å². The van der Waals surface area contributed by atoms with Crippen molar-refractivity contribution >= 4 is 35.3 Å². The standard InChI is InChI=1S/C13H16ClNOS/c1-13(2)9-15(6-7-17-13)12-5-3-4-11(14)10(12)8-16/h3-5,8H,6-7,9H2,1-2H3. The maximum absolute atomic E-state index is 11.1. The van der Waals surface area contributed by atoms with Crippen LogP contribution in [0.25, 0.3) is 0 Å². The summed E-state index contributed by atoms with van der Waals surface area (Å²) in [5, 5.41) is 0.536. The number of benzene rings is 1. The predicted molar refractivity (Wildman–Crippen MR) is 75.6 cm³/mol. The molecule has 0 aromatic heterocycles. The number of aldehydes is 1. The zero-order valence-electron chi connectivity index (χ0n) is 10.1. The molecule has 0 aliphatic carbocycles. The van der Waals surface area contributed by atoms with E-state index in [9.17, 15) is 4.79 Å². The molecular formula is C13H16ClNOS. The number of rotatable bonds is 2. The molecule has 1 heterocycles. The monoisotopic (exact) mass is 269 g/mol. The molecule has 0 spiro atoms. The number of carbonyl (C=O) groups excluding carboxylic acids is 1. The fourth-order valence-corrected chi connectivity index (χ4v) is 3.47. The third-order valence-electron chi connectivity index (χ3n) is 2.91. The average Bonchev–Trinajstić information content (AvgIpc) is 2.27. The van der Waals surface area contributed by atoms with Gasteiger partial charge in [0.2, 0.25) is 0 Å². The van der Waals surface area contributed by atoms with E-state index in [2.05, 4.69) is 18.7 Å². The molecule has 92 valence electrons. The lowest BCUT2D eigenvalue weighted by Crippen LogP contribution is -2.43. The molecule has 1 aromatic carbocycles. The summed E-state index contributed by atoms with van der Waals surface area (Å²) in [4.78, 5) is 13.4. The molecule has 2 rings (SSSR count). The van der Waals surface area contributed by atoms with E-state index < -0.39 is 0 Å². The van der Waals surface area contributed by atoms with Crippen LogP contribution in [0.5, 0.6) is 0 Å². The largest absolute Gasteiger partial charge is 0.369 e. The van der Waals surface area contributed by atoms with Gasteiger partial charge in [0.25, 0.3) is 0 Å². The van der Waals surface area contributed by atoms with Crippen LogP contribution in [-0.4, -0.2) is 29.9 Å². The van der Waals surface area contributed by atoms with Crippen LogP contribution in [0.15, 0.2) is 18.2 Å². The first-order valence-electron chi connectivity index (χ1n) is 5.66. The van der Waals surface area contributed by atoms with Gasteiger partial charge in [0, 0.05) is 29.3 Å². The van der Waals surface area contributed by atoms with E-state index >= 15 is 0 Å². The van der Waals surface area contributed by atoms with Gasteiger partial charge in [0.1, 0.15) is 0 Å². The number of hydrogen-bond donors (Lipinski definition) is 0. The number of hydrogen-bond acceptors (Lipinski definition) is 3. The molecule has 1 saturated heterocycles. The predicted octanol–water partition coefficient (Wildman–Crippen LogP) is 3.48. The average molecular weight is 270 g/mol. The molecule has 0 unspecified atom stereocenters. The van der Waals surface area contributed by atoms with Gasteiger partial charge in [-0.1, -0.05) is 17.7 Å². The molecule has 1 fully saturated rings. The SMILES string of the molecule is CC1(C)CN(c2cccc(Cl)c2C=O)CCS1. The summed E-state index contributed by atoms with van der Waals surface area (Å²) in [6, 6.07) is 5.64. The van der Waals surface area contributed by atoms with E-state index in [1.54, 1.807) is 6.07 Å². The van der Waals surface area contributed by atoms with Crippen molar-refractivity contribution in [3.63, 3.8) is 0 Å². The molecule has 2 nitrogen and oxygen atoms in total. The van der Waals surface area contributed by atoms with Gasteiger partial charge < -0.3 is 4.90 Å². The summed E-state index contributed by atoms with van der Waals surface area (Å²) >= 11 is 8.03. The lowest BCUT2D eigenvalue weighted by Gasteiger charge is -2.39. The maximum atomic E-state index is 11.1. The first kappa shape index (κ1) is 12.8. The lowest BCUT2D eigenvalue weighted by atomic mass is 10.1. The minimum Gasteiger partial charge on any atom is -0.369 e. The van der Waals surface area contributed by atoms with Crippen molar-refractivity contribution in [1.82, 2.24) is 0 Å². The van der Waals surface area contributed by atoms with Crippen molar-refractivity contribution in [3.05, 3.63) is 28.8 Å². The van der Waals surface area contributed by atoms with E-state index in [1.165, 1.54) is 0 Å². The van der Waals surface area contributed by atoms with Gasteiger partial charge in [-0.3, -0.25) is 4.79 Å². The van der Waals surface area contributed by atoms with Gasteiger partial charge >= 0.3 is 0 Å². The summed E-state index contributed by atoms with van der Waals surface area (Å²) in [7, 11) is 0. The highest BCUT2D eigenvalue weighted by atomic mass is 35.5. The van der Waals surface area contributed by atoms with Crippen molar-refractivity contribution in [3.8, 4) is 0 Å². The van der Waals surface area contributed by atoms with Crippen molar-refractivity contribution in [2.45, 2.75) is 18.6 Å². The number of halogens is 1. The van der Waals surface area contributed by atoms with Crippen LogP contribution in [0.3, 0.4) is 0 Å². The lowest BCUT2D eigenvalue weighted by molar-refractivity contribution is 0.112. The molecule has 0 saturated carbocycles. The van der Waals surface area contributed by atoms with Crippen molar-refractivity contribution < 1.29 is 4.79 Å². The third kappa shape index (κ3) is 2.78. The normalized spacial score (nSPS) is 19.1. The summed E-state index contributed by atoms with van der Waals surface area (Å²) in [5.74, 6) is 1.08. The Labute approximate surface area is 111 Å². The van der Waals surface area contributed by atoms with Crippen LogP contribution in [0.1, 0.15) is 24.2 Å². The molecule has 0 amide bonds. The minimum absolute atomic E-state index is 0.223. The molecule has 0 atom stereocenters. The topological polar surface area (TPSA) is 20.3 Å². The third-order valence-corrected chi connectivity index (χ3v) is 4.54. The quantitative estimate of drug-likeness (QED) is 0.767. The number of carbonyl (C=O) groups is 1. The van der Waals surface area contributed by atoms with Gasteiger partial charge in [0.05, 0.1) is 10.6 Å². The van der Waals surface area contributed by atoms with Crippen molar-refractivity contribution in [2.75, 3.05) is 23.7 Å². The highest BCUT2D eigenvalue weighted by molar-refractivity contribution is 8.00. The molecule has 0 radical (unpaired) electrons. The Morgan fingerprint density at radius 1 is 1.47 bits per heavy atom. The summed E-state index contributed by atoms with van der Waals surface area (Å²) in [5.41, 5.74) is 1.57. The van der Waals surface area contributed by atoms with Gasteiger partial charge in [-0.25, -0.2) is 0 Å². The Morgan fingerprint density at radius 2 is 2.24 bits per heavy atom. The first-order valence-corrected chi connectivity index (χ1v) is 7.02. The van der Waals surface area contributed by atoms with Crippen LogP contribution in [0.2, 0.25) is 5.02 Å². The molecule has 1 aliphatic rings. The fourth-order valence-electron chi connectivity index (χ4n) is 2.14. The molecule has 0 bridgehead atoms. The van der Waals surface area contributed by atoms with Crippen molar-refractivity contribution in [2.24, 2.45) is 0 Å². The fraction of sp³-hybridized carbons (Fsp3) is 0.462. The van der Waals surface area contributed by atoms with E-state index in [-0.39, 0.29) is 4.75 Å².